The molecule has 1 aliphatic heterocycles. The Morgan fingerprint density at radius 1 is 1.00 bits per heavy atom. The summed E-state index contributed by atoms with van der Waals surface area (Å²) < 4.78 is 5.76. The van der Waals surface area contributed by atoms with Crippen molar-refractivity contribution in [1.29, 1.82) is 0 Å². The molecule has 3 aliphatic rings. The van der Waals surface area contributed by atoms with Crippen molar-refractivity contribution in [3.8, 4) is 5.75 Å². The lowest BCUT2D eigenvalue weighted by molar-refractivity contribution is -0.347. The van der Waals surface area contributed by atoms with E-state index >= 15 is 0 Å². The van der Waals surface area contributed by atoms with Crippen molar-refractivity contribution in [3.05, 3.63) is 24.5 Å². The molecule has 11 heteroatoms. The minimum absolute atomic E-state index is 0.0765. The fourth-order valence-corrected chi connectivity index (χ4v) is 6.08. The number of amides is 2. The Morgan fingerprint density at radius 2 is 1.74 bits per heavy atom. The first-order valence-electron chi connectivity index (χ1n) is 14.4. The maximum absolute atomic E-state index is 12.7. The van der Waals surface area contributed by atoms with Gasteiger partial charge in [-0.3, -0.25) is 4.98 Å². The average Bonchev–Trinajstić information content (AvgIpc) is 3.66. The van der Waals surface area contributed by atoms with Gasteiger partial charge in [0.05, 0.1) is 12.8 Å². The Kier molecular flexibility index (Phi) is 7.55. The van der Waals surface area contributed by atoms with Crippen LogP contribution in [0.1, 0.15) is 57.8 Å². The number of benzene rings is 1. The topological polar surface area (TPSA) is 125 Å². The van der Waals surface area contributed by atoms with Crippen LogP contribution < -0.4 is 30.6 Å². The van der Waals surface area contributed by atoms with Gasteiger partial charge in [-0.15, -0.1) is 0 Å². The summed E-state index contributed by atoms with van der Waals surface area (Å²) in [7, 11) is 1.68. The maximum atomic E-state index is 12.7. The van der Waals surface area contributed by atoms with Crippen molar-refractivity contribution in [2.45, 2.75) is 69.9 Å². The molecule has 2 saturated carbocycles. The van der Waals surface area contributed by atoms with Crippen LogP contribution in [0.5, 0.6) is 5.75 Å². The number of fused-ring (bicyclic) bond motifs is 1. The normalized spacial score (nSPS) is 18.9. The molecule has 0 atom stereocenters. The molecule has 0 unspecified atom stereocenters. The molecule has 2 aromatic heterocycles. The van der Waals surface area contributed by atoms with Gasteiger partial charge in [0, 0.05) is 50.0 Å². The summed E-state index contributed by atoms with van der Waals surface area (Å²) in [6, 6.07) is 6.98. The average molecular weight is 535 g/mol. The third-order valence-electron chi connectivity index (χ3n) is 8.33. The molecule has 3 aromatic rings. The smallest absolute Gasteiger partial charge is 0.317 e. The number of piperazine rings is 1. The number of aromatic amines is 2. The molecule has 39 heavy (non-hydrogen) atoms. The van der Waals surface area contributed by atoms with Crippen LogP contribution in [0.3, 0.4) is 0 Å². The minimum atomic E-state index is 0.0765. The molecule has 0 radical (unpaired) electrons. The predicted molar refractivity (Wildman–Crippen MR) is 152 cm³/mol. The van der Waals surface area contributed by atoms with Crippen LogP contribution in [0.2, 0.25) is 0 Å². The van der Waals surface area contributed by atoms with Crippen molar-refractivity contribution in [1.82, 2.24) is 25.2 Å². The highest BCUT2D eigenvalue weighted by molar-refractivity contribution is 5.82. The first-order chi connectivity index (χ1) is 19.2. The van der Waals surface area contributed by atoms with Crippen molar-refractivity contribution in [3.63, 3.8) is 0 Å². The first-order valence-corrected chi connectivity index (χ1v) is 14.4. The van der Waals surface area contributed by atoms with Gasteiger partial charge in [-0.2, -0.15) is 4.98 Å². The number of imidazole rings is 1. The van der Waals surface area contributed by atoms with Crippen LogP contribution in [0.25, 0.3) is 11.2 Å². The van der Waals surface area contributed by atoms with E-state index in [1.54, 1.807) is 13.4 Å². The second-order valence-corrected chi connectivity index (χ2v) is 10.9. The highest BCUT2D eigenvalue weighted by atomic mass is 16.5. The maximum Gasteiger partial charge on any atom is 0.317 e. The number of ether oxygens (including phenoxy) is 1. The summed E-state index contributed by atoms with van der Waals surface area (Å²) in [4.78, 5) is 32.8. The fourth-order valence-electron chi connectivity index (χ4n) is 6.08. The Hall–Kier alpha value is -3.76. The zero-order chi connectivity index (χ0) is 26.6. The number of H-pyrrole nitrogens is 2. The zero-order valence-electron chi connectivity index (χ0n) is 22.8. The van der Waals surface area contributed by atoms with Crippen LogP contribution in [0, 0.1) is 0 Å². The minimum Gasteiger partial charge on any atom is -0.494 e. The van der Waals surface area contributed by atoms with Gasteiger partial charge in [0.25, 0.3) is 0 Å². The third kappa shape index (κ3) is 5.81. The summed E-state index contributed by atoms with van der Waals surface area (Å²) in [5.41, 5.74) is 3.50. The highest BCUT2D eigenvalue weighted by Gasteiger charge is 2.25. The van der Waals surface area contributed by atoms with Crippen LogP contribution >= 0.6 is 0 Å². The molecule has 5 N–H and O–H groups in total. The largest absolute Gasteiger partial charge is 0.494 e. The Morgan fingerprint density at radius 3 is 2.51 bits per heavy atom. The Balaban J connectivity index is 1.12. The number of methoxy groups -OCH3 is 1. The quantitative estimate of drug-likeness (QED) is 0.361. The van der Waals surface area contributed by atoms with Gasteiger partial charge in [-0.05, 0) is 37.8 Å². The number of aromatic nitrogens is 4. The van der Waals surface area contributed by atoms with Gasteiger partial charge < -0.3 is 30.5 Å². The Bertz CT molecular complexity index is 1280. The predicted octanol–water partition coefficient (Wildman–Crippen LogP) is 4.04. The van der Waals surface area contributed by atoms with Gasteiger partial charge in [0.15, 0.2) is 12.1 Å². The summed E-state index contributed by atoms with van der Waals surface area (Å²) in [6.45, 7) is 2.98. The second-order valence-electron chi connectivity index (χ2n) is 10.9. The lowest BCUT2D eigenvalue weighted by Crippen LogP contribution is -2.53. The van der Waals surface area contributed by atoms with Crippen LogP contribution in [-0.2, 0) is 0 Å². The molecule has 1 aromatic carbocycles. The number of rotatable bonds is 7. The summed E-state index contributed by atoms with van der Waals surface area (Å²) in [5.74, 6) is 2.03. The van der Waals surface area contributed by atoms with E-state index in [0.29, 0.717) is 31.1 Å². The summed E-state index contributed by atoms with van der Waals surface area (Å²) in [6.07, 6.45) is 12.6. The van der Waals surface area contributed by atoms with Crippen LogP contribution in [0.4, 0.5) is 27.9 Å². The number of urea groups is 1. The first kappa shape index (κ1) is 25.5. The molecule has 3 heterocycles. The fraction of sp³-hybridized carbons (Fsp3) is 0.571. The highest BCUT2D eigenvalue weighted by Crippen LogP contribution is 2.33. The number of carbonyl (C=O) groups is 1. The van der Waals surface area contributed by atoms with Gasteiger partial charge in [-0.25, -0.2) is 9.78 Å². The SMILES string of the molecule is COc1cc(N2CCN(C(=O)NC3CCCC3)CC2)ccc1Nc1nc(NC2CCCCC2)c2[nH]c[nH+]c2n1. The monoisotopic (exact) mass is 534 g/mol. The number of hydrogen-bond acceptors (Lipinski definition) is 7. The van der Waals surface area contributed by atoms with Crippen LogP contribution in [0.15, 0.2) is 24.5 Å². The van der Waals surface area contributed by atoms with E-state index in [-0.39, 0.29) is 6.03 Å². The van der Waals surface area contributed by atoms with E-state index in [4.69, 9.17) is 9.72 Å². The van der Waals surface area contributed by atoms with Crippen LogP contribution in [-0.4, -0.2) is 71.3 Å². The van der Waals surface area contributed by atoms with Gasteiger partial charge in [-0.1, -0.05) is 37.1 Å². The molecule has 0 bridgehead atoms. The number of carbonyl (C=O) groups excluding carboxylic acids is 1. The summed E-state index contributed by atoms with van der Waals surface area (Å²) in [5, 5.41) is 10.2. The Labute approximate surface area is 229 Å². The van der Waals surface area contributed by atoms with Gasteiger partial charge in [0.1, 0.15) is 5.75 Å². The van der Waals surface area contributed by atoms with Crippen molar-refractivity contribution >= 4 is 40.3 Å². The molecule has 6 rings (SSSR count). The van der Waals surface area contributed by atoms with E-state index in [9.17, 15) is 4.79 Å². The van der Waals surface area contributed by atoms with Gasteiger partial charge in [0.2, 0.25) is 5.52 Å². The van der Waals surface area contributed by atoms with Crippen molar-refractivity contribution < 1.29 is 14.5 Å². The molecular formula is C28H40N9O2+. The van der Waals surface area contributed by atoms with Gasteiger partial charge >= 0.3 is 17.6 Å². The number of anilines is 4. The second kappa shape index (κ2) is 11.5. The number of nitrogens with zero attached hydrogens (tertiary/aromatic N) is 4. The van der Waals surface area contributed by atoms with E-state index < -0.39 is 0 Å². The molecule has 208 valence electrons. The standard InChI is InChI=1S/C28H39N9O2/c1-39-23-17-21(36-13-15-37(16-14-36)28(38)32-20-9-5-6-10-20)11-12-22(23)33-27-34-25-24(29-18-30-25)26(35-27)31-19-7-3-2-4-8-19/h11-12,17-20H,2-10,13-16H2,1H3,(H,32,38)(H3,29,30,31,33,34,35)/p+1. The molecular weight excluding hydrogens is 494 g/mol. The lowest BCUT2D eigenvalue weighted by atomic mass is 9.95. The van der Waals surface area contributed by atoms with E-state index in [2.05, 4.69) is 41.9 Å². The molecule has 2 amide bonds. The summed E-state index contributed by atoms with van der Waals surface area (Å²) >= 11 is 0. The molecule has 11 nitrogen and oxygen atoms in total. The number of hydrogen-bond donors (Lipinski definition) is 4. The van der Waals surface area contributed by atoms with E-state index in [1.807, 2.05) is 17.0 Å². The lowest BCUT2D eigenvalue weighted by Gasteiger charge is -2.36. The molecule has 1 saturated heterocycles. The zero-order valence-corrected chi connectivity index (χ0v) is 22.8. The molecule has 3 fully saturated rings. The molecule has 2 aliphatic carbocycles. The van der Waals surface area contributed by atoms with Crippen molar-refractivity contribution in [2.24, 2.45) is 0 Å². The molecule has 0 spiro atoms. The third-order valence-corrected chi connectivity index (χ3v) is 8.33. The van der Waals surface area contributed by atoms with Crippen molar-refractivity contribution in [2.75, 3.05) is 48.8 Å². The van der Waals surface area contributed by atoms with E-state index in [1.165, 1.54) is 32.1 Å². The van der Waals surface area contributed by atoms with E-state index in [0.717, 1.165) is 72.9 Å². The number of nitrogens with one attached hydrogen (secondary N) is 5.